The number of carbonyl (C=O) groups excluding carboxylic acids is 2. The molecule has 1 unspecified atom stereocenters. The molecule has 2 aromatic heterocycles. The number of nitrogens with zero attached hydrogens (tertiary/aromatic N) is 4. The molecule has 1 saturated heterocycles. The number of benzene rings is 1. The number of halogens is 1. The summed E-state index contributed by atoms with van der Waals surface area (Å²) in [6.45, 7) is 4.41. The van der Waals surface area contributed by atoms with Crippen molar-refractivity contribution in [3.8, 4) is 10.7 Å². The Kier molecular flexibility index (Phi) is 7.04. The summed E-state index contributed by atoms with van der Waals surface area (Å²) in [6.07, 6.45) is 0. The van der Waals surface area contributed by atoms with E-state index in [1.165, 1.54) is 0 Å². The zero-order valence-electron chi connectivity index (χ0n) is 17.5. The van der Waals surface area contributed by atoms with E-state index in [2.05, 4.69) is 15.5 Å². The predicted molar refractivity (Wildman–Crippen MR) is 129 cm³/mol. The second-order valence-corrected chi connectivity index (χ2v) is 9.25. The Bertz CT molecular complexity index is 1150. The number of aromatic nitrogens is 3. The molecular formula is C21H23ClN6O2S2. The lowest BCUT2D eigenvalue weighted by Crippen LogP contribution is -2.51. The zero-order chi connectivity index (χ0) is 22.7. The van der Waals surface area contributed by atoms with Crippen molar-refractivity contribution in [1.29, 1.82) is 0 Å². The molecule has 0 spiro atoms. The highest BCUT2D eigenvalue weighted by Gasteiger charge is 2.29. The highest BCUT2D eigenvalue weighted by atomic mass is 35.5. The van der Waals surface area contributed by atoms with Crippen molar-refractivity contribution in [2.24, 2.45) is 0 Å². The number of H-pyrrole nitrogens is 1. The van der Waals surface area contributed by atoms with E-state index < -0.39 is 6.04 Å². The van der Waals surface area contributed by atoms with Gasteiger partial charge < -0.3 is 10.2 Å². The molecule has 3 heterocycles. The van der Waals surface area contributed by atoms with Crippen molar-refractivity contribution in [2.45, 2.75) is 13.0 Å². The number of thiophene rings is 1. The van der Waals surface area contributed by atoms with Crippen molar-refractivity contribution < 1.29 is 9.59 Å². The number of rotatable bonds is 6. The summed E-state index contributed by atoms with van der Waals surface area (Å²) < 4.78 is 2.19. The van der Waals surface area contributed by atoms with E-state index in [4.69, 9.17) is 23.8 Å². The van der Waals surface area contributed by atoms with Crippen LogP contribution in [0, 0.1) is 4.77 Å². The first kappa shape index (κ1) is 22.7. The lowest BCUT2D eigenvalue weighted by Gasteiger charge is -2.35. The Morgan fingerprint density at radius 1 is 1.22 bits per heavy atom. The van der Waals surface area contributed by atoms with Crippen molar-refractivity contribution in [1.82, 2.24) is 24.6 Å². The normalized spacial score (nSPS) is 15.5. The Labute approximate surface area is 199 Å². The molecule has 0 saturated carbocycles. The van der Waals surface area contributed by atoms with E-state index >= 15 is 0 Å². The summed E-state index contributed by atoms with van der Waals surface area (Å²) in [6, 6.07) is 10.6. The van der Waals surface area contributed by atoms with Gasteiger partial charge in [-0.2, -0.15) is 5.10 Å². The monoisotopic (exact) mass is 490 g/mol. The molecule has 1 aliphatic heterocycles. The molecule has 2 amide bonds. The number of amides is 2. The molecule has 32 heavy (non-hydrogen) atoms. The van der Waals surface area contributed by atoms with E-state index in [0.717, 1.165) is 4.88 Å². The maximum atomic E-state index is 13.2. The van der Waals surface area contributed by atoms with Crippen LogP contribution in [0.3, 0.4) is 0 Å². The van der Waals surface area contributed by atoms with E-state index in [-0.39, 0.29) is 18.4 Å². The van der Waals surface area contributed by atoms with Gasteiger partial charge >= 0.3 is 0 Å². The molecular weight excluding hydrogens is 468 g/mol. The Morgan fingerprint density at radius 2 is 1.97 bits per heavy atom. The number of nitrogens with one attached hydrogen (secondary N) is 2. The third kappa shape index (κ3) is 4.93. The number of para-hydroxylation sites is 1. The molecule has 4 rings (SSSR count). The zero-order valence-corrected chi connectivity index (χ0v) is 19.8. The molecule has 168 valence electrons. The molecule has 8 nitrogen and oxygen atoms in total. The maximum Gasteiger partial charge on any atom is 0.245 e. The molecule has 1 atom stereocenters. The number of aromatic amines is 1. The van der Waals surface area contributed by atoms with Crippen molar-refractivity contribution in [2.75, 3.05) is 38.0 Å². The second-order valence-electron chi connectivity index (χ2n) is 7.51. The summed E-state index contributed by atoms with van der Waals surface area (Å²) in [5.74, 6) is 0.526. The largest absolute Gasteiger partial charge is 0.338 e. The molecule has 3 aromatic rings. The maximum absolute atomic E-state index is 13.2. The van der Waals surface area contributed by atoms with E-state index in [1.54, 1.807) is 28.0 Å². The summed E-state index contributed by atoms with van der Waals surface area (Å²) in [7, 11) is 0. The first-order valence-corrected chi connectivity index (χ1v) is 11.9. The van der Waals surface area contributed by atoms with Gasteiger partial charge in [0, 0.05) is 26.2 Å². The van der Waals surface area contributed by atoms with Gasteiger partial charge in [0.05, 0.1) is 22.1 Å². The van der Waals surface area contributed by atoms with Crippen LogP contribution < -0.4 is 5.32 Å². The molecule has 0 aliphatic carbocycles. The van der Waals surface area contributed by atoms with Gasteiger partial charge in [-0.05, 0) is 42.7 Å². The molecule has 1 aromatic carbocycles. The van der Waals surface area contributed by atoms with Gasteiger partial charge in [0.25, 0.3) is 0 Å². The van der Waals surface area contributed by atoms with Crippen molar-refractivity contribution >= 4 is 52.7 Å². The Hall–Kier alpha value is -2.53. The fourth-order valence-electron chi connectivity index (χ4n) is 3.70. The lowest BCUT2D eigenvalue weighted by atomic mass is 10.2. The number of piperazine rings is 1. The summed E-state index contributed by atoms with van der Waals surface area (Å²) >= 11 is 13.0. The van der Waals surface area contributed by atoms with Gasteiger partial charge in [0.15, 0.2) is 10.6 Å². The van der Waals surface area contributed by atoms with E-state index in [0.29, 0.717) is 47.5 Å². The number of hydrogen-bond donors (Lipinski definition) is 2. The molecule has 0 bridgehead atoms. The quantitative estimate of drug-likeness (QED) is 0.515. The third-order valence-corrected chi connectivity index (χ3v) is 6.87. The van der Waals surface area contributed by atoms with Gasteiger partial charge in [-0.15, -0.1) is 11.3 Å². The SMILES string of the molecule is CC(C(=O)N1CCN(CC(=O)Nc2ccccc2Cl)CC1)n1c(-c2cccs2)n[nH]c1=S. The molecule has 0 radical (unpaired) electrons. The van der Waals surface area contributed by atoms with Gasteiger partial charge in [-0.25, -0.2) is 0 Å². The van der Waals surface area contributed by atoms with Crippen LogP contribution in [0.4, 0.5) is 5.69 Å². The van der Waals surface area contributed by atoms with E-state index in [9.17, 15) is 9.59 Å². The van der Waals surface area contributed by atoms with Crippen LogP contribution in [0.25, 0.3) is 10.7 Å². The fraction of sp³-hybridized carbons (Fsp3) is 0.333. The fourth-order valence-corrected chi connectivity index (χ4v) is 4.88. The minimum absolute atomic E-state index is 0.0134. The first-order valence-electron chi connectivity index (χ1n) is 10.2. The Balaban J connectivity index is 1.34. The van der Waals surface area contributed by atoms with Gasteiger partial charge in [-0.3, -0.25) is 24.2 Å². The van der Waals surface area contributed by atoms with Crippen LogP contribution in [-0.2, 0) is 9.59 Å². The lowest BCUT2D eigenvalue weighted by molar-refractivity contribution is -0.136. The summed E-state index contributed by atoms with van der Waals surface area (Å²) in [5.41, 5.74) is 0.597. The van der Waals surface area contributed by atoms with Gasteiger partial charge in [0.1, 0.15) is 6.04 Å². The first-order chi connectivity index (χ1) is 15.4. The highest BCUT2D eigenvalue weighted by Crippen LogP contribution is 2.26. The summed E-state index contributed by atoms with van der Waals surface area (Å²) in [4.78, 5) is 30.4. The Morgan fingerprint density at radius 3 is 2.66 bits per heavy atom. The predicted octanol–water partition coefficient (Wildman–Crippen LogP) is 3.67. The van der Waals surface area contributed by atoms with Crippen LogP contribution in [0.5, 0.6) is 0 Å². The summed E-state index contributed by atoms with van der Waals surface area (Å²) in [5, 5.41) is 12.4. The standard InChI is InChI=1S/C21H23ClN6O2S2/c1-14(28-19(24-25-21(28)31)17-7-4-12-32-17)20(30)27-10-8-26(9-11-27)13-18(29)23-16-6-3-2-5-15(16)22/h2-7,12,14H,8-11,13H2,1H3,(H,23,29)(H,25,31). The number of hydrogen-bond acceptors (Lipinski definition) is 6. The molecule has 1 fully saturated rings. The number of anilines is 1. The molecule has 1 aliphatic rings. The van der Waals surface area contributed by atoms with Crippen LogP contribution in [-0.4, -0.2) is 69.1 Å². The smallest absolute Gasteiger partial charge is 0.245 e. The van der Waals surface area contributed by atoms with Crippen LogP contribution in [0.1, 0.15) is 13.0 Å². The minimum atomic E-state index is -0.478. The average molecular weight is 491 g/mol. The number of carbonyl (C=O) groups is 2. The van der Waals surface area contributed by atoms with Crippen molar-refractivity contribution in [3.05, 3.63) is 51.6 Å². The van der Waals surface area contributed by atoms with Crippen LogP contribution >= 0.6 is 35.2 Å². The van der Waals surface area contributed by atoms with Crippen LogP contribution in [0.15, 0.2) is 41.8 Å². The average Bonchev–Trinajstić information content (AvgIpc) is 3.44. The van der Waals surface area contributed by atoms with E-state index in [1.807, 2.05) is 46.4 Å². The van der Waals surface area contributed by atoms with Gasteiger partial charge in [0.2, 0.25) is 11.8 Å². The molecule has 2 N–H and O–H groups in total. The minimum Gasteiger partial charge on any atom is -0.338 e. The van der Waals surface area contributed by atoms with Gasteiger partial charge in [-0.1, -0.05) is 29.8 Å². The highest BCUT2D eigenvalue weighted by molar-refractivity contribution is 7.71. The van der Waals surface area contributed by atoms with Crippen LogP contribution in [0.2, 0.25) is 5.02 Å². The molecule has 11 heteroatoms. The third-order valence-electron chi connectivity index (χ3n) is 5.39. The topological polar surface area (TPSA) is 86.3 Å². The van der Waals surface area contributed by atoms with Crippen molar-refractivity contribution in [3.63, 3.8) is 0 Å². The second kappa shape index (κ2) is 9.95.